The maximum absolute atomic E-state index is 5.99. The average Bonchev–Trinajstić information content (AvgIpc) is 3.35. The van der Waals surface area contributed by atoms with Gasteiger partial charge < -0.3 is 9.25 Å². The van der Waals surface area contributed by atoms with Crippen LogP contribution in [0.1, 0.15) is 17.3 Å². The highest BCUT2D eigenvalue weighted by atomic mass is 35.5. The van der Waals surface area contributed by atoms with Crippen LogP contribution in [0.25, 0.3) is 11.5 Å². The Bertz CT molecular complexity index is 1110. The van der Waals surface area contributed by atoms with Crippen LogP contribution in [-0.4, -0.2) is 36.1 Å². The molecule has 0 aliphatic heterocycles. The van der Waals surface area contributed by atoms with Gasteiger partial charge in [-0.15, -0.1) is 15.3 Å². The second-order valence-corrected chi connectivity index (χ2v) is 6.15. The molecule has 0 spiro atoms. The first kappa shape index (κ1) is 17.8. The molecule has 9 nitrogen and oxygen atoms in total. The summed E-state index contributed by atoms with van der Waals surface area (Å²) in [5.74, 6) is 1.10. The number of oxime groups is 1. The number of tetrazole rings is 1. The quantitative estimate of drug-likeness (QED) is 0.365. The summed E-state index contributed by atoms with van der Waals surface area (Å²) in [6.07, 6.45) is 0. The van der Waals surface area contributed by atoms with Gasteiger partial charge in [0.15, 0.2) is 12.3 Å². The summed E-state index contributed by atoms with van der Waals surface area (Å²) in [5, 5.41) is 24.3. The molecule has 4 rings (SSSR count). The van der Waals surface area contributed by atoms with Crippen molar-refractivity contribution in [2.45, 2.75) is 6.61 Å². The molecular formula is C18H14ClN7O2. The molecule has 0 bridgehead atoms. The number of nitrogens with zero attached hydrogens (tertiary/aromatic N) is 7. The standard InChI is InChI=1S/C18H14ClN7O2/c1-26-17(21-24-25-26)16(12-6-3-2-4-7-12)23-27-11-15-20-22-18(28-15)13-8-5-9-14(19)10-13/h2-10H,11H2,1H3/b23-16-. The predicted octanol–water partition coefficient (Wildman–Crippen LogP) is 2.88. The monoisotopic (exact) mass is 395 g/mol. The van der Waals surface area contributed by atoms with Crippen molar-refractivity contribution in [2.24, 2.45) is 12.2 Å². The Morgan fingerprint density at radius 2 is 1.96 bits per heavy atom. The molecule has 0 fully saturated rings. The van der Waals surface area contributed by atoms with Crippen molar-refractivity contribution in [3.8, 4) is 11.5 Å². The first-order chi connectivity index (χ1) is 13.7. The molecule has 0 unspecified atom stereocenters. The van der Waals surface area contributed by atoms with Crippen molar-refractivity contribution < 1.29 is 9.25 Å². The Kier molecular flexibility index (Phi) is 5.07. The second-order valence-electron chi connectivity index (χ2n) is 5.72. The minimum absolute atomic E-state index is 0.00478. The normalized spacial score (nSPS) is 11.6. The van der Waals surface area contributed by atoms with Crippen molar-refractivity contribution in [3.05, 3.63) is 76.9 Å². The van der Waals surface area contributed by atoms with E-state index in [1.165, 1.54) is 4.68 Å². The van der Waals surface area contributed by atoms with Crippen LogP contribution in [-0.2, 0) is 18.5 Å². The first-order valence-corrected chi connectivity index (χ1v) is 8.65. The Hall–Kier alpha value is -3.59. The highest BCUT2D eigenvalue weighted by molar-refractivity contribution is 6.30. The van der Waals surface area contributed by atoms with Gasteiger partial charge in [0, 0.05) is 23.2 Å². The van der Waals surface area contributed by atoms with Crippen LogP contribution in [0.3, 0.4) is 0 Å². The number of aryl methyl sites for hydroxylation is 1. The van der Waals surface area contributed by atoms with E-state index in [2.05, 4.69) is 30.9 Å². The van der Waals surface area contributed by atoms with Gasteiger partial charge in [-0.2, -0.15) is 0 Å². The van der Waals surface area contributed by atoms with E-state index in [4.69, 9.17) is 20.9 Å². The second kappa shape index (κ2) is 7.97. The van der Waals surface area contributed by atoms with Crippen LogP contribution in [0.4, 0.5) is 0 Å². The lowest BCUT2D eigenvalue weighted by atomic mass is 10.1. The maximum Gasteiger partial charge on any atom is 0.257 e. The van der Waals surface area contributed by atoms with Gasteiger partial charge in [0.1, 0.15) is 0 Å². The van der Waals surface area contributed by atoms with Crippen LogP contribution >= 0.6 is 11.6 Å². The Morgan fingerprint density at radius 3 is 2.71 bits per heavy atom. The van der Waals surface area contributed by atoms with Gasteiger partial charge in [0.05, 0.1) is 0 Å². The van der Waals surface area contributed by atoms with Crippen molar-refractivity contribution in [1.29, 1.82) is 0 Å². The Morgan fingerprint density at radius 1 is 1.11 bits per heavy atom. The molecule has 0 saturated carbocycles. The summed E-state index contributed by atoms with van der Waals surface area (Å²) in [6.45, 7) is -0.00478. The van der Waals surface area contributed by atoms with E-state index in [1.807, 2.05) is 42.5 Å². The molecule has 0 N–H and O–H groups in total. The van der Waals surface area contributed by atoms with E-state index in [-0.39, 0.29) is 12.5 Å². The van der Waals surface area contributed by atoms with Crippen LogP contribution in [0, 0.1) is 0 Å². The predicted molar refractivity (Wildman–Crippen MR) is 100 cm³/mol. The smallest absolute Gasteiger partial charge is 0.257 e. The van der Waals surface area contributed by atoms with Crippen LogP contribution in [0.15, 0.2) is 64.2 Å². The summed E-state index contributed by atoms with van der Waals surface area (Å²) in [7, 11) is 1.73. The van der Waals surface area contributed by atoms with Gasteiger partial charge in [0.25, 0.3) is 5.89 Å². The summed E-state index contributed by atoms with van der Waals surface area (Å²) < 4.78 is 7.12. The third-order valence-corrected chi connectivity index (χ3v) is 4.00. The molecule has 28 heavy (non-hydrogen) atoms. The number of aromatic nitrogens is 6. The fourth-order valence-corrected chi connectivity index (χ4v) is 2.64. The lowest BCUT2D eigenvalue weighted by Gasteiger charge is -2.04. The third-order valence-electron chi connectivity index (χ3n) is 3.76. The third kappa shape index (κ3) is 3.89. The lowest BCUT2D eigenvalue weighted by molar-refractivity contribution is 0.111. The SMILES string of the molecule is Cn1nnnc1/C(=N\OCc1nnc(-c2cccc(Cl)c2)o1)c1ccccc1. The summed E-state index contributed by atoms with van der Waals surface area (Å²) in [6, 6.07) is 16.6. The zero-order valence-electron chi connectivity index (χ0n) is 14.7. The van der Waals surface area contributed by atoms with E-state index >= 15 is 0 Å². The molecule has 0 saturated heterocycles. The molecule has 0 aliphatic carbocycles. The molecule has 0 radical (unpaired) electrons. The van der Waals surface area contributed by atoms with E-state index in [1.54, 1.807) is 19.2 Å². The summed E-state index contributed by atoms with van der Waals surface area (Å²) >= 11 is 5.99. The number of rotatable bonds is 6. The highest BCUT2D eigenvalue weighted by Crippen LogP contribution is 2.21. The molecule has 2 aromatic carbocycles. The van der Waals surface area contributed by atoms with E-state index in [0.717, 1.165) is 11.1 Å². The van der Waals surface area contributed by atoms with Crippen molar-refractivity contribution in [1.82, 2.24) is 30.4 Å². The topological polar surface area (TPSA) is 104 Å². The average molecular weight is 396 g/mol. The van der Waals surface area contributed by atoms with Gasteiger partial charge >= 0.3 is 0 Å². The number of benzene rings is 2. The fourth-order valence-electron chi connectivity index (χ4n) is 2.45. The number of hydrogen-bond acceptors (Lipinski definition) is 8. The lowest BCUT2D eigenvalue weighted by Crippen LogP contribution is -2.12. The minimum atomic E-state index is -0.00478. The number of hydrogen-bond donors (Lipinski definition) is 0. The van der Waals surface area contributed by atoms with Gasteiger partial charge in [-0.05, 0) is 28.6 Å². The number of halogens is 1. The zero-order chi connectivity index (χ0) is 19.3. The molecule has 0 atom stereocenters. The summed E-state index contributed by atoms with van der Waals surface area (Å²) in [5.41, 5.74) is 2.03. The molecule has 0 amide bonds. The van der Waals surface area contributed by atoms with Gasteiger partial charge in [-0.25, -0.2) is 4.68 Å². The fraction of sp³-hybridized carbons (Fsp3) is 0.111. The van der Waals surface area contributed by atoms with Gasteiger partial charge in [-0.1, -0.05) is 53.2 Å². The van der Waals surface area contributed by atoms with E-state index < -0.39 is 0 Å². The maximum atomic E-state index is 5.99. The van der Waals surface area contributed by atoms with Gasteiger partial charge in [0.2, 0.25) is 11.7 Å². The molecule has 4 aromatic rings. The molecule has 10 heteroatoms. The van der Waals surface area contributed by atoms with Gasteiger partial charge in [-0.3, -0.25) is 0 Å². The zero-order valence-corrected chi connectivity index (χ0v) is 15.5. The minimum Gasteiger partial charge on any atom is -0.417 e. The largest absolute Gasteiger partial charge is 0.417 e. The Balaban J connectivity index is 1.53. The molecule has 0 aliphatic rings. The van der Waals surface area contributed by atoms with Crippen LogP contribution < -0.4 is 0 Å². The Labute approximate surface area is 164 Å². The van der Waals surface area contributed by atoms with E-state index in [0.29, 0.717) is 22.4 Å². The highest BCUT2D eigenvalue weighted by Gasteiger charge is 2.15. The molecular weight excluding hydrogens is 382 g/mol. The molecule has 2 aromatic heterocycles. The van der Waals surface area contributed by atoms with Crippen molar-refractivity contribution in [2.75, 3.05) is 0 Å². The van der Waals surface area contributed by atoms with Crippen molar-refractivity contribution >= 4 is 17.3 Å². The van der Waals surface area contributed by atoms with Crippen LogP contribution in [0.2, 0.25) is 5.02 Å². The molecule has 140 valence electrons. The first-order valence-electron chi connectivity index (χ1n) is 8.27. The molecule has 2 heterocycles. The van der Waals surface area contributed by atoms with E-state index in [9.17, 15) is 0 Å². The van der Waals surface area contributed by atoms with Crippen LogP contribution in [0.5, 0.6) is 0 Å². The summed E-state index contributed by atoms with van der Waals surface area (Å²) in [4.78, 5) is 5.44. The van der Waals surface area contributed by atoms with Crippen molar-refractivity contribution in [3.63, 3.8) is 0 Å².